The Bertz CT molecular complexity index is 5630. The quantitative estimate of drug-likeness (QED) is 0.00795. The van der Waals surface area contributed by atoms with Gasteiger partial charge in [-0.25, -0.2) is 19.9 Å². The van der Waals surface area contributed by atoms with Crippen LogP contribution in [-0.2, 0) is 97.2 Å². The summed E-state index contributed by atoms with van der Waals surface area (Å²) in [7, 11) is -3.83. The van der Waals surface area contributed by atoms with E-state index in [0.29, 0.717) is 71.0 Å². The number of H-pyrrole nitrogens is 2. The Labute approximate surface area is 1080 Å². The molecule has 0 fully saturated rings. The summed E-state index contributed by atoms with van der Waals surface area (Å²) in [5.74, 6) is 6.38. The van der Waals surface area contributed by atoms with Crippen molar-refractivity contribution >= 4 is 393 Å². The van der Waals surface area contributed by atoms with Gasteiger partial charge in [0.1, 0.15) is 66.3 Å². The van der Waals surface area contributed by atoms with E-state index in [-0.39, 0.29) is 79.1 Å². The molecule has 1 aliphatic rings. The maximum absolute atomic E-state index is 12.1. The van der Waals surface area contributed by atoms with E-state index in [1.54, 1.807) is 33.0 Å². The fourth-order valence-electron chi connectivity index (χ4n) is 9.78. The number of nitrogens with one attached hydrogen (secondary N) is 9. The molecule has 11 aromatic heterocycles. The fourth-order valence-corrected chi connectivity index (χ4v) is 16.4. The van der Waals surface area contributed by atoms with Gasteiger partial charge in [-0.15, -0.1) is 0 Å². The van der Waals surface area contributed by atoms with Gasteiger partial charge in [-0.2, -0.15) is 103 Å². The Hall–Kier alpha value is 0.174. The first kappa shape index (κ1) is 163. The summed E-state index contributed by atoms with van der Waals surface area (Å²) in [5.41, 5.74) is 10.5. The van der Waals surface area contributed by atoms with Crippen LogP contribution in [0.25, 0.3) is 55.2 Å². The van der Waals surface area contributed by atoms with Gasteiger partial charge in [0.2, 0.25) is 44.0 Å². The minimum atomic E-state index is -5.48. The number of fused-ring (bicyclic) bond motifs is 6. The minimum Gasteiger partial charge on any atom is -0.380 e. The standard InChI is InChI=1S/C13H21ClN4Si.C13H23N5.C13H21N5.C12H19ClN4Si.C10H13ClN4.C7H15F3O3SSi.C6H5ClN4.C3H5I3.C3H6I2.2C3H6I.C3H7I.C3H9N.C3H7.CH3I.CH4.3V/c1-13(2,3)19(5,6)17-12-15-10(14)9-7-8-18(4)11(9)16-12;2*1-5-7-14-13-16-11(15-9(2)3)10-6-8-18(4)12(10)17-13;1-12(2,3)18(4,5)17-11-15-9(13)8-6-7-14-10(8)16-11;1-3-5-12-10-13-8(11)7-4-6-15(2)9(7)14-10;1-6(2,3)15(4,5)13-14(11,12)7(8,9)10;7-4-3-1-2-9-5(3)11-6(8)10-4;1-3(5,6)2-4;1-3(2,4)5;2*1-3(2)4;1-2-3-4;1-3(2)4;1-3-2;1-2;;;;/h7-8H,1-6H3,(H,15,16,17);9H,5-8H2,1-4H3,(H2,14,15,16,17);6,8-9H,5,7H2,1-4H3,(H2,14,15,16,17);6-7H,1-5H3,(H2,14,15,16,17);4,6H,3,5H2,1-2H3,(H,12,13,14);1-5H3;1-2H,(H3,8,9,10,11);2H2,1H3;1-2H3;2*1-2H3;2-3H2,1H3;3H,4H2,1-2H3;3H,1-2H3;1H3;1H4;;;/q;;;;;;;;;2*-1;;;-1;;;;;. The molecule has 0 amide bonds. The number of rotatable bonds is 21. The summed E-state index contributed by atoms with van der Waals surface area (Å²) in [6.07, 6.45) is 16.9. The number of nitrogens with zero attached hydrogens (tertiary/aromatic N) is 16. The Balaban J connectivity index is -0.000000303. The first-order valence-electron chi connectivity index (χ1n) is 47.5. The van der Waals surface area contributed by atoms with Crippen LogP contribution in [-0.4, -0.2) is 190 Å². The van der Waals surface area contributed by atoms with Gasteiger partial charge in [-0.1, -0.05) is 342 Å². The van der Waals surface area contributed by atoms with Crippen molar-refractivity contribution in [3.8, 4) is 0 Å². The number of anilines is 9. The van der Waals surface area contributed by atoms with Crippen molar-refractivity contribution in [3.63, 3.8) is 0 Å². The van der Waals surface area contributed by atoms with Crippen LogP contribution >= 0.6 is 250 Å². The summed E-state index contributed by atoms with van der Waals surface area (Å²) in [4.78, 5) is 69.5. The molecule has 13 N–H and O–H groups in total. The number of nitrogens with two attached hydrogens (primary N) is 2. The molecule has 0 unspecified atom stereocenters. The zero-order chi connectivity index (χ0) is 114. The zero-order valence-electron chi connectivity index (χ0n) is 94.2. The van der Waals surface area contributed by atoms with Crippen LogP contribution in [0, 0.1) is 14.3 Å². The second-order valence-electron chi connectivity index (χ2n) is 39.5. The molecule has 0 spiro atoms. The molecule has 12 rings (SSSR count). The average molecular weight is 3370 g/mol. The van der Waals surface area contributed by atoms with Crippen molar-refractivity contribution in [1.29, 1.82) is 0 Å². The third-order valence-electron chi connectivity index (χ3n) is 19.8. The largest absolute Gasteiger partial charge is 0.522 e. The first-order valence-corrected chi connectivity index (χ1v) is 71.0. The number of hydrogen-bond donors (Lipinski definition) is 11. The van der Waals surface area contributed by atoms with E-state index in [4.69, 9.17) is 57.9 Å². The number of hydrogen-bond acceptors (Lipinski definition) is 25. The van der Waals surface area contributed by atoms with Gasteiger partial charge in [0.25, 0.3) is 0 Å². The molecule has 0 aromatic carbocycles. The normalized spacial score (nSPS) is 11.6. The van der Waals surface area contributed by atoms with Crippen molar-refractivity contribution in [3.05, 3.63) is 102 Å². The molecule has 1 aliphatic heterocycles. The number of aromatic nitrogens is 17. The minimum absolute atomic E-state index is 0. The van der Waals surface area contributed by atoms with E-state index in [1.165, 1.54) is 41.8 Å². The SMILES string of the molecule is C.CC(C)(C)[Si](C)(C)Nc1nc(Cl)c2cc[nH]c2n1.CC(C)(C)[Si](C)(C)OS(=O)(=O)C(F)(F)F.CC(C)(I)I.CC(C)N.CC(I)(I)CI.CCCI.CCCNc1nc(Cl)c2ccn(C)c2n1.CCCNc1nc(NC(C)C)c2c(n1)N(C)CC2.CCCNc1nc(NC(C)C)c2ccn(C)c2n1.CI.C[C-](C)I.C[C-](C)I.C[CH-]C.Cn1ccc2c(Cl)nc(N[Si](C)(C)C(C)(C)C)nc21.Nc1nc(Cl)c2cc[nH]c2n1.[V].[V].[V]. The number of aryl methyl sites for hydroxylation is 3. The van der Waals surface area contributed by atoms with Crippen LogP contribution in [0.15, 0.2) is 61.3 Å². The van der Waals surface area contributed by atoms with Crippen LogP contribution < -0.4 is 52.9 Å². The summed E-state index contributed by atoms with van der Waals surface area (Å²) < 4.78 is 74.2. The topological polar surface area (TPSA) is 384 Å². The Kier molecular flexibility index (Phi) is 86.2. The number of halogens is 16. The average Bonchev–Trinajstić information content (AvgIpc) is 1.43. The summed E-state index contributed by atoms with van der Waals surface area (Å²) in [6, 6.07) is 10.7. The Morgan fingerprint density at radius 3 is 1.13 bits per heavy atom. The number of nitrogen functional groups attached to an aromatic ring is 1. The van der Waals surface area contributed by atoms with Gasteiger partial charge in [0.05, 0.1) is 29.8 Å². The first-order chi connectivity index (χ1) is 66.8. The van der Waals surface area contributed by atoms with Crippen molar-refractivity contribution in [1.82, 2.24) is 83.5 Å². The number of aromatic amines is 2. The molecule has 12 heterocycles. The van der Waals surface area contributed by atoms with E-state index >= 15 is 0 Å². The molecule has 0 bridgehead atoms. The molecule has 53 heteroatoms. The molecular weight excluding hydrogens is 3200 g/mol. The predicted molar refractivity (Wildman–Crippen MR) is 721 cm³/mol. The molecule has 3 radical (unpaired) electrons. The van der Waals surface area contributed by atoms with Crippen molar-refractivity contribution in [2.75, 3.05) is 94.2 Å². The van der Waals surface area contributed by atoms with Crippen LogP contribution in [0.4, 0.5) is 66.3 Å². The molecule has 30 nitrogen and oxygen atoms in total. The van der Waals surface area contributed by atoms with Gasteiger partial charge >= 0.3 is 15.6 Å². The van der Waals surface area contributed by atoms with Crippen molar-refractivity contribution < 1.29 is 81.1 Å². The van der Waals surface area contributed by atoms with Gasteiger partial charge < -0.3 is 132 Å². The van der Waals surface area contributed by atoms with E-state index in [1.807, 2.05) is 123 Å². The smallest absolute Gasteiger partial charge is 0.380 e. The maximum Gasteiger partial charge on any atom is 0.522 e. The molecule has 0 saturated carbocycles. The van der Waals surface area contributed by atoms with Crippen LogP contribution in [0.2, 0.25) is 75.0 Å². The van der Waals surface area contributed by atoms with Gasteiger partial charge in [-0.05, 0) is 155 Å². The van der Waals surface area contributed by atoms with Crippen LogP contribution in [0.3, 0.4) is 0 Å². The maximum atomic E-state index is 12.1. The summed E-state index contributed by atoms with van der Waals surface area (Å²) in [6.45, 7) is 73.8. The molecular formula is C97H170Cl4F3I9N27O3SSi3V3-3. The third-order valence-corrected chi connectivity index (χ3v) is 43.1. The van der Waals surface area contributed by atoms with E-state index in [9.17, 15) is 21.6 Å². The molecule has 11 aromatic rings. The number of likely N-dealkylation sites (N-methyl/N-ethyl adjacent to an activating group) is 1. The molecule has 0 atom stereocenters. The van der Waals surface area contributed by atoms with Gasteiger partial charge in [0, 0.05) is 163 Å². The zero-order valence-corrected chi connectivity index (χ0v) is 125. The van der Waals surface area contributed by atoms with Crippen molar-refractivity contribution in [2.24, 2.45) is 26.9 Å². The molecule has 150 heavy (non-hydrogen) atoms. The number of alkyl halides is 10. The Morgan fingerprint density at radius 2 is 0.800 bits per heavy atom. The van der Waals surface area contributed by atoms with Gasteiger partial charge in [-0.3, -0.25) is 7.85 Å². The summed E-state index contributed by atoms with van der Waals surface area (Å²) in [5, 5.41) is 22.6. The Morgan fingerprint density at radius 1 is 0.507 bits per heavy atom. The summed E-state index contributed by atoms with van der Waals surface area (Å²) >= 11 is 45.2. The predicted octanol–water partition coefficient (Wildman–Crippen LogP) is 34.0. The molecule has 0 aliphatic carbocycles. The van der Waals surface area contributed by atoms with E-state index in [0.717, 1.165) is 125 Å². The van der Waals surface area contributed by atoms with Crippen LogP contribution in [0.5, 0.6) is 0 Å². The van der Waals surface area contributed by atoms with Crippen LogP contribution in [0.1, 0.15) is 233 Å². The van der Waals surface area contributed by atoms with E-state index in [2.05, 4.69) is 497 Å². The fraction of sp³-hybridized carbons (Fsp3) is 0.619. The van der Waals surface area contributed by atoms with Crippen molar-refractivity contribution in [2.45, 2.75) is 314 Å². The third kappa shape index (κ3) is 66.2. The second kappa shape index (κ2) is 79.3. The monoisotopic (exact) mass is 3370 g/mol. The molecule has 0 saturated heterocycles. The second-order valence-corrected chi connectivity index (χ2v) is 78.0. The van der Waals surface area contributed by atoms with Gasteiger partial charge in [0.15, 0.2) is 16.5 Å². The van der Waals surface area contributed by atoms with E-state index < -0.39 is 45.5 Å². The molecule has 859 valence electrons.